The summed E-state index contributed by atoms with van der Waals surface area (Å²) < 4.78 is 12.5. The van der Waals surface area contributed by atoms with E-state index in [-0.39, 0.29) is 0 Å². The molecule has 1 heterocycles. The molecule has 0 aliphatic heterocycles. The van der Waals surface area contributed by atoms with Crippen molar-refractivity contribution in [2.24, 2.45) is 0 Å². The highest BCUT2D eigenvalue weighted by Gasteiger charge is 1.95. The number of hydrogen-bond acceptors (Lipinski definition) is 1. The molecular weight excluding hydrogens is 141 g/mol. The third kappa shape index (κ3) is 2.50. The van der Waals surface area contributed by atoms with E-state index in [1.165, 1.54) is 6.07 Å². The number of aromatic nitrogens is 1. The van der Waals surface area contributed by atoms with Crippen molar-refractivity contribution in [3.05, 3.63) is 42.0 Å². The van der Waals surface area contributed by atoms with Crippen LogP contribution in [0.5, 0.6) is 0 Å². The van der Waals surface area contributed by atoms with Gasteiger partial charge in [-0.1, -0.05) is 18.2 Å². The number of rotatable bonds is 2. The van der Waals surface area contributed by atoms with Crippen LogP contribution in [0.15, 0.2) is 30.4 Å². The van der Waals surface area contributed by atoms with Crippen LogP contribution in [0.3, 0.4) is 0 Å². The van der Waals surface area contributed by atoms with Gasteiger partial charge in [0.1, 0.15) is 0 Å². The number of allylic oxidation sites excluding steroid dienone is 1. The van der Waals surface area contributed by atoms with Crippen LogP contribution in [0.1, 0.15) is 12.6 Å². The molecule has 0 fully saturated rings. The van der Waals surface area contributed by atoms with E-state index < -0.39 is 5.95 Å². The molecule has 0 spiro atoms. The van der Waals surface area contributed by atoms with Crippen LogP contribution < -0.4 is 0 Å². The van der Waals surface area contributed by atoms with Gasteiger partial charge in [0.05, 0.1) is 0 Å². The fourth-order valence-corrected chi connectivity index (χ4v) is 0.858. The zero-order chi connectivity index (χ0) is 8.27. The van der Waals surface area contributed by atoms with Crippen molar-refractivity contribution < 1.29 is 4.39 Å². The maximum Gasteiger partial charge on any atom is 0.213 e. The summed E-state index contributed by atoms with van der Waals surface area (Å²) in [5, 5.41) is 0. The van der Waals surface area contributed by atoms with Gasteiger partial charge in [-0.3, -0.25) is 0 Å². The molecule has 0 N–H and O–H groups in total. The standard InChI is InChI=1S/C9H10FN/c1-7(2)6-8-4-3-5-9(10)11-8/h3-5H,1,6H2,2H3. The smallest absolute Gasteiger partial charge is 0.213 e. The summed E-state index contributed by atoms with van der Waals surface area (Å²) in [5.41, 5.74) is 1.72. The number of nitrogens with zero attached hydrogens (tertiary/aromatic N) is 1. The summed E-state index contributed by atoms with van der Waals surface area (Å²) >= 11 is 0. The van der Waals surface area contributed by atoms with Crippen molar-refractivity contribution >= 4 is 0 Å². The summed E-state index contributed by atoms with van der Waals surface area (Å²) in [6, 6.07) is 4.78. The van der Waals surface area contributed by atoms with Gasteiger partial charge < -0.3 is 0 Å². The summed E-state index contributed by atoms with van der Waals surface area (Å²) in [6.07, 6.45) is 0.651. The molecule has 0 amide bonds. The lowest BCUT2D eigenvalue weighted by Crippen LogP contribution is -1.92. The fraction of sp³-hybridized carbons (Fsp3) is 0.222. The zero-order valence-corrected chi connectivity index (χ0v) is 6.47. The minimum Gasteiger partial charge on any atom is -0.225 e. The molecule has 0 atom stereocenters. The van der Waals surface area contributed by atoms with E-state index in [4.69, 9.17) is 0 Å². The predicted octanol–water partition coefficient (Wildman–Crippen LogP) is 2.34. The Bertz CT molecular complexity index is 268. The van der Waals surface area contributed by atoms with E-state index in [1.807, 2.05) is 6.92 Å². The number of hydrogen-bond donors (Lipinski definition) is 0. The number of pyridine rings is 1. The lowest BCUT2D eigenvalue weighted by molar-refractivity contribution is 0.578. The van der Waals surface area contributed by atoms with E-state index in [0.717, 1.165) is 11.3 Å². The first-order valence-electron chi connectivity index (χ1n) is 3.44. The van der Waals surface area contributed by atoms with E-state index >= 15 is 0 Å². The third-order valence-corrected chi connectivity index (χ3v) is 1.26. The normalized spacial score (nSPS) is 9.64. The highest BCUT2D eigenvalue weighted by atomic mass is 19.1. The molecule has 1 aromatic rings. The molecule has 0 aromatic carbocycles. The third-order valence-electron chi connectivity index (χ3n) is 1.26. The van der Waals surface area contributed by atoms with Gasteiger partial charge in [0.15, 0.2) is 0 Å². The summed E-state index contributed by atoms with van der Waals surface area (Å²) in [5.74, 6) is -0.427. The zero-order valence-electron chi connectivity index (χ0n) is 6.47. The summed E-state index contributed by atoms with van der Waals surface area (Å²) in [7, 11) is 0. The van der Waals surface area contributed by atoms with E-state index in [1.54, 1.807) is 12.1 Å². The van der Waals surface area contributed by atoms with Gasteiger partial charge in [-0.2, -0.15) is 4.39 Å². The van der Waals surface area contributed by atoms with Crippen LogP contribution in [-0.4, -0.2) is 4.98 Å². The fourth-order valence-electron chi connectivity index (χ4n) is 0.858. The van der Waals surface area contributed by atoms with Crippen LogP contribution in [0.2, 0.25) is 0 Å². The first kappa shape index (κ1) is 7.92. The van der Waals surface area contributed by atoms with E-state index in [9.17, 15) is 4.39 Å². The van der Waals surface area contributed by atoms with Gasteiger partial charge in [0, 0.05) is 12.1 Å². The van der Waals surface area contributed by atoms with Crippen LogP contribution in [0, 0.1) is 5.95 Å². The molecule has 1 nitrogen and oxygen atoms in total. The first-order chi connectivity index (χ1) is 5.18. The molecule has 0 bridgehead atoms. The Labute approximate surface area is 65.6 Å². The summed E-state index contributed by atoms with van der Waals surface area (Å²) in [6.45, 7) is 5.61. The second kappa shape index (κ2) is 3.28. The summed E-state index contributed by atoms with van der Waals surface area (Å²) in [4.78, 5) is 3.69. The largest absolute Gasteiger partial charge is 0.225 e. The lowest BCUT2D eigenvalue weighted by atomic mass is 10.2. The second-order valence-corrected chi connectivity index (χ2v) is 2.59. The average molecular weight is 151 g/mol. The van der Waals surface area contributed by atoms with Gasteiger partial charge in [-0.05, 0) is 19.1 Å². The van der Waals surface area contributed by atoms with Crippen LogP contribution in [-0.2, 0) is 6.42 Å². The van der Waals surface area contributed by atoms with Crippen LogP contribution in [0.25, 0.3) is 0 Å². The molecule has 0 aliphatic rings. The molecule has 0 saturated heterocycles. The Hall–Kier alpha value is -1.18. The van der Waals surface area contributed by atoms with Crippen LogP contribution >= 0.6 is 0 Å². The monoisotopic (exact) mass is 151 g/mol. The molecule has 1 rings (SSSR count). The predicted molar refractivity (Wildman–Crippen MR) is 42.7 cm³/mol. The Morgan fingerprint density at radius 3 is 2.91 bits per heavy atom. The Balaban J connectivity index is 2.79. The van der Waals surface area contributed by atoms with Gasteiger partial charge in [0.2, 0.25) is 5.95 Å². The molecule has 0 saturated carbocycles. The van der Waals surface area contributed by atoms with Crippen molar-refractivity contribution in [1.29, 1.82) is 0 Å². The van der Waals surface area contributed by atoms with Gasteiger partial charge >= 0.3 is 0 Å². The van der Waals surface area contributed by atoms with E-state index in [0.29, 0.717) is 6.42 Å². The Kier molecular flexibility index (Phi) is 2.36. The Morgan fingerprint density at radius 2 is 2.36 bits per heavy atom. The second-order valence-electron chi connectivity index (χ2n) is 2.59. The highest BCUT2D eigenvalue weighted by Crippen LogP contribution is 2.03. The SMILES string of the molecule is C=C(C)Cc1cccc(F)n1. The topological polar surface area (TPSA) is 12.9 Å². The average Bonchev–Trinajstić information content (AvgIpc) is 1.85. The van der Waals surface area contributed by atoms with Gasteiger partial charge in [-0.15, -0.1) is 0 Å². The molecule has 0 radical (unpaired) electrons. The quantitative estimate of drug-likeness (QED) is 0.467. The van der Waals surface area contributed by atoms with Crippen molar-refractivity contribution in [2.45, 2.75) is 13.3 Å². The molecular formula is C9H10FN. The van der Waals surface area contributed by atoms with Gasteiger partial charge in [0.25, 0.3) is 0 Å². The minimum absolute atomic E-state index is 0.427. The van der Waals surface area contributed by atoms with Crippen LogP contribution in [0.4, 0.5) is 4.39 Å². The molecule has 0 aliphatic carbocycles. The molecule has 1 aromatic heterocycles. The van der Waals surface area contributed by atoms with Crippen molar-refractivity contribution in [1.82, 2.24) is 4.98 Å². The van der Waals surface area contributed by atoms with Crippen molar-refractivity contribution in [3.63, 3.8) is 0 Å². The van der Waals surface area contributed by atoms with Crippen molar-refractivity contribution in [3.8, 4) is 0 Å². The molecule has 58 valence electrons. The molecule has 11 heavy (non-hydrogen) atoms. The minimum atomic E-state index is -0.427. The molecule has 0 unspecified atom stereocenters. The maximum absolute atomic E-state index is 12.5. The number of halogens is 1. The lowest BCUT2D eigenvalue weighted by Gasteiger charge is -1.97. The van der Waals surface area contributed by atoms with E-state index in [2.05, 4.69) is 11.6 Å². The van der Waals surface area contributed by atoms with Gasteiger partial charge in [-0.25, -0.2) is 4.98 Å². The maximum atomic E-state index is 12.5. The Morgan fingerprint density at radius 1 is 1.64 bits per heavy atom. The molecule has 2 heteroatoms. The van der Waals surface area contributed by atoms with Crippen molar-refractivity contribution in [2.75, 3.05) is 0 Å². The highest BCUT2D eigenvalue weighted by molar-refractivity contribution is 5.11. The first-order valence-corrected chi connectivity index (χ1v) is 3.44.